The Balaban J connectivity index is 0.711. The number of thioether (sulfide) groups is 1. The molecule has 5 fully saturated rings. The molecule has 0 bridgehead atoms. The van der Waals surface area contributed by atoms with Crippen molar-refractivity contribution in [2.24, 2.45) is 0 Å². The summed E-state index contributed by atoms with van der Waals surface area (Å²) in [5, 5.41) is 120. The molecule has 0 spiro atoms. The number of aliphatic hydroxyl groups excluding tert-OH is 7. The summed E-state index contributed by atoms with van der Waals surface area (Å²) in [5.41, 5.74) is 13.5. The van der Waals surface area contributed by atoms with E-state index in [0.717, 1.165) is 91.8 Å². The number of aliphatic hydroxyl groups is 7. The molecule has 5 aliphatic heterocycles. The number of nitrogen functional groups attached to an aromatic ring is 3. The number of imidazole rings is 1. The third kappa shape index (κ3) is 28.9. The summed E-state index contributed by atoms with van der Waals surface area (Å²) in [6, 6.07) is -8.41. The van der Waals surface area contributed by atoms with Crippen LogP contribution in [0.3, 0.4) is 0 Å². The SMILES string of the molecule is CC(=O)N[C@H]1[C@@H](O[P+](O)(O)O[P+](O)(O)OC[C@H]2O[C@@H](n3ccc(=O)[nH]c3=O)[C@H](O)[C@@H]2O)O[C@H](CO)[C@@H](O)[C@@H]1O[C@H](C)C(=O)N[C@@H](C)C(=O)N[C@H](CCC(=O)N[C@@H](CSCCc1cn([C@@H]2[C@H](O)[C@@H](CO[P+](O)(O)O[C@H]3[C@@H](O)[C@H](n4ccc(N)nc4=O)O[C@@H]3CO[P+](O)(O)O[C@H]3[C@@H](O)[C@H](n4ccc(N)nc4=O)O[C@@H]3COP(O)O)O[C@H]2n2cnc3c(N)ncnc32)nn1)C(=O)N[C@H](C)C(=O)N[C@H](C)C(=O)O)C(=O)O. The summed E-state index contributed by atoms with van der Waals surface area (Å²) in [5.74, 6) is -10.7. The fourth-order valence-corrected chi connectivity index (χ4v) is 20.1. The van der Waals surface area contributed by atoms with Crippen LogP contribution >= 0.6 is 53.0 Å². The first-order valence-electron chi connectivity index (χ1n) is 41.8. The van der Waals surface area contributed by atoms with Crippen LogP contribution in [0.4, 0.5) is 17.5 Å². The van der Waals surface area contributed by atoms with Crippen molar-refractivity contribution < 1.29 is 198 Å². The van der Waals surface area contributed by atoms with E-state index in [1.807, 2.05) is 4.98 Å². The number of fused-ring (bicyclic) bond motifs is 1. The first kappa shape index (κ1) is 113. The summed E-state index contributed by atoms with van der Waals surface area (Å²) >= 11 is 0.974. The molecular formula is C69H103N22O45P5S+4. The molecule has 142 heavy (non-hydrogen) atoms. The molecule has 6 aromatic heterocycles. The number of amides is 6. The molecule has 32 N–H and O–H groups in total. The van der Waals surface area contributed by atoms with Crippen molar-refractivity contribution in [3.8, 4) is 0 Å². The number of rotatable bonds is 48. The predicted octanol–water partition coefficient (Wildman–Crippen LogP) is -12.3. The molecule has 786 valence electrons. The number of carboxylic acids is 2. The number of aliphatic carboxylic acids is 2. The maximum atomic E-state index is 14.1. The maximum absolute atomic E-state index is 14.1. The fourth-order valence-electron chi connectivity index (χ4n) is 14.6. The molecule has 11 heterocycles. The number of nitrogens with two attached hydrogens (primary N) is 3. The van der Waals surface area contributed by atoms with Gasteiger partial charge in [0.25, 0.3) is 5.56 Å². The second kappa shape index (κ2) is 48.3. The Morgan fingerprint density at radius 2 is 1.11 bits per heavy atom. The van der Waals surface area contributed by atoms with Gasteiger partial charge >= 0.3 is 70.3 Å². The van der Waals surface area contributed by atoms with Gasteiger partial charge in [0.1, 0.15) is 165 Å². The lowest BCUT2D eigenvalue weighted by molar-refractivity contribution is -0.262. The minimum Gasteiger partial charge on any atom is -0.480 e. The predicted molar refractivity (Wildman–Crippen MR) is 470 cm³/mol. The van der Waals surface area contributed by atoms with Gasteiger partial charge in [-0.15, -0.1) is 23.2 Å². The molecule has 5 saturated heterocycles. The quantitative estimate of drug-likeness (QED) is 0.0125. The van der Waals surface area contributed by atoms with E-state index in [0.29, 0.717) is 9.13 Å². The van der Waals surface area contributed by atoms with Crippen molar-refractivity contribution in [3.63, 3.8) is 0 Å². The average molecular weight is 2150 g/mol. The zero-order valence-corrected chi connectivity index (χ0v) is 79.5. The second-order valence-electron chi connectivity index (χ2n) is 31.9. The molecule has 0 unspecified atom stereocenters. The van der Waals surface area contributed by atoms with E-state index in [-0.39, 0.29) is 52.2 Å². The van der Waals surface area contributed by atoms with Gasteiger partial charge in [-0.05, 0) is 52.0 Å². The number of aryl methyl sites for hydroxylation is 1. The molecule has 67 nitrogen and oxygen atoms in total. The van der Waals surface area contributed by atoms with Crippen LogP contribution in [0.2, 0.25) is 0 Å². The number of carbonyl (C=O) groups is 8. The monoisotopic (exact) mass is 2150 g/mol. The van der Waals surface area contributed by atoms with Crippen molar-refractivity contribution in [2.45, 2.75) is 219 Å². The molecule has 0 aromatic carbocycles. The van der Waals surface area contributed by atoms with Gasteiger partial charge in [-0.1, -0.05) is 5.21 Å². The van der Waals surface area contributed by atoms with Crippen molar-refractivity contribution in [2.75, 3.05) is 61.7 Å². The molecule has 27 atom stereocenters. The maximum Gasteiger partial charge on any atom is 0.622 e. The number of hydrogen-bond donors (Lipinski definition) is 29. The average Bonchev–Trinajstić information content (AvgIpc) is 1.58. The molecule has 11 rings (SSSR count). The third-order valence-corrected chi connectivity index (χ3v) is 27.8. The van der Waals surface area contributed by atoms with Crippen molar-refractivity contribution in [1.29, 1.82) is 0 Å². The standard InChI is InChI=1S/C69H99N22O45P5S/c1-25(56(102)78-27(3)64(106)107)77-59(105)32(80-40(94)7-6-31(65(108)109)81-57(103)26(2)76-58(104)28(4)127-53-42(79-29(5)93)66(132-33(17-92)47(53)98)135-141(121,122)136-140(119,120)126-20-35-46(97)48(99)61(129-35)89-14-10-41(95)84-69(89)112)22-142-15-11-30-16-91(86-85-30)44-45(96)34(128-60(44)90-24-75-43-54(72)73-23-74-55(43)90)19-124-138(115,116)134-52-37(131-63(50(52)101)88-13-9-39(71)83-68(88)111)21-125-139(117,118)133-51-36(18-123-137(113)114)130-62(49(51)100)87-12-8-38(70)82-67(87)110/h8-10,12-14,16,23-28,31-37,42,44-53,60-63,66,92,96-101,113-122H,6-7,11,15,17-22H2,1-5H3,(H11-4,70,71,72,73,74,76,77,78,79,80,81,82,83,84,93,94,95,102,103,104,105,106,107,108,109,110,111,112)/p+4/t25-,26+,27-,28-,31-,32+,33-,34-,35-,36-,37-,42-,44-,45-,46-,47-,48-,49-,50-,51-,52-,53-,60-,61-,62-,63-,66-/m1/s1. The molecule has 0 aliphatic carbocycles. The lowest BCUT2D eigenvalue weighted by atomic mass is 9.96. The van der Waals surface area contributed by atoms with Crippen LogP contribution in [-0.2, 0) is 109 Å². The zero-order chi connectivity index (χ0) is 104. The molecule has 5 aliphatic rings. The second-order valence-corrected chi connectivity index (χ2v) is 39.8. The molecular weight excluding hydrogens is 2040 g/mol. The van der Waals surface area contributed by atoms with Gasteiger partial charge in [0.05, 0.1) is 29.5 Å². The molecule has 6 aromatic rings. The third-order valence-electron chi connectivity index (χ3n) is 21.6. The number of H-pyrrole nitrogens is 1. The van der Waals surface area contributed by atoms with Crippen LogP contribution in [0.1, 0.15) is 84.1 Å². The number of aromatic nitrogens is 13. The van der Waals surface area contributed by atoms with E-state index >= 15 is 0 Å². The van der Waals surface area contributed by atoms with Crippen LogP contribution in [-0.4, -0.2) is 384 Å². The van der Waals surface area contributed by atoms with E-state index in [2.05, 4.69) is 71.4 Å². The Bertz CT molecular complexity index is 5680. The summed E-state index contributed by atoms with van der Waals surface area (Å²) in [4.78, 5) is 285. The van der Waals surface area contributed by atoms with Gasteiger partial charge in [-0.2, -0.15) is 69.9 Å². The molecule has 0 saturated carbocycles. The summed E-state index contributed by atoms with van der Waals surface area (Å²) in [6.45, 7) is -0.0142. The Hall–Kier alpha value is -9.45. The van der Waals surface area contributed by atoms with Crippen LogP contribution < -0.4 is 71.7 Å². The Morgan fingerprint density at radius 3 is 1.68 bits per heavy atom. The van der Waals surface area contributed by atoms with E-state index in [4.69, 9.17) is 77.3 Å². The van der Waals surface area contributed by atoms with Crippen molar-refractivity contribution in [3.05, 3.63) is 103 Å². The van der Waals surface area contributed by atoms with Gasteiger partial charge < -0.3 is 138 Å². The number of aromatic amines is 1. The normalized spacial score (nSPS) is 27.2. The number of anilines is 3. The first-order chi connectivity index (χ1) is 66.6. The number of nitrogens with one attached hydrogen (secondary N) is 7. The van der Waals surface area contributed by atoms with Crippen LogP contribution in [0.5, 0.6) is 0 Å². The fraction of sp³-hybridized carbons (Fsp3) is 0.609. The highest BCUT2D eigenvalue weighted by Crippen LogP contribution is 2.71. The Labute approximate surface area is 802 Å². The minimum atomic E-state index is -5.74. The van der Waals surface area contributed by atoms with Crippen molar-refractivity contribution in [1.82, 2.24) is 95.1 Å². The topological polar surface area (TPSA) is 999 Å². The van der Waals surface area contributed by atoms with Crippen molar-refractivity contribution >= 4 is 129 Å². The summed E-state index contributed by atoms with van der Waals surface area (Å²) < 4.78 is 80.3. The van der Waals surface area contributed by atoms with Gasteiger partial charge in [-0.3, -0.25) is 61.6 Å². The Kier molecular flexibility index (Phi) is 38.4. The smallest absolute Gasteiger partial charge is 0.480 e. The van der Waals surface area contributed by atoms with Gasteiger partial charge in [-0.25, -0.2) is 38.8 Å². The summed E-state index contributed by atoms with van der Waals surface area (Å²) in [6.07, 6.45) is -32.7. The lowest BCUT2D eigenvalue weighted by Crippen LogP contribution is -2.66. The van der Waals surface area contributed by atoms with Gasteiger partial charge in [0, 0.05) is 56.4 Å². The highest BCUT2D eigenvalue weighted by atomic mass is 32.2. The summed E-state index contributed by atoms with van der Waals surface area (Å²) in [7, 11) is -25.2. The van der Waals surface area contributed by atoms with E-state index < -0.39 is 322 Å². The van der Waals surface area contributed by atoms with Crippen LogP contribution in [0.15, 0.2) is 74.8 Å². The minimum absolute atomic E-state index is 0.00301. The van der Waals surface area contributed by atoms with E-state index in [1.54, 1.807) is 0 Å². The zero-order valence-electron chi connectivity index (χ0n) is 74.2. The van der Waals surface area contributed by atoms with E-state index in [1.165, 1.54) is 24.0 Å². The number of carboxylic acid groups (broad SMARTS) is 2. The number of nitrogens with zero attached hydrogens (tertiary/aromatic N) is 12. The lowest BCUT2D eigenvalue weighted by Gasteiger charge is -2.43. The van der Waals surface area contributed by atoms with Gasteiger partial charge in [0.2, 0.25) is 41.7 Å². The number of ether oxygens (including phenoxy) is 6. The first-order valence-corrected chi connectivity index (χ1v) is 50.2. The molecule has 6 amide bonds. The number of hydrogen-bond acceptors (Lipinski definition) is 54. The molecule has 73 heteroatoms. The van der Waals surface area contributed by atoms with Crippen LogP contribution in [0.25, 0.3) is 11.2 Å². The number of carbonyl (C=O) groups excluding carboxylic acids is 6. The highest BCUT2D eigenvalue weighted by Gasteiger charge is 2.66. The van der Waals surface area contributed by atoms with Crippen LogP contribution in [0, 0.1) is 0 Å². The van der Waals surface area contributed by atoms with Gasteiger partial charge in [0.15, 0.2) is 48.6 Å². The largest absolute Gasteiger partial charge is 0.622 e. The highest BCUT2D eigenvalue weighted by molar-refractivity contribution is 7.99. The van der Waals surface area contributed by atoms with E-state index in [9.17, 15) is 152 Å². The molecule has 0 radical (unpaired) electrons. The Morgan fingerprint density at radius 1 is 0.570 bits per heavy atom.